The average Bonchev–Trinajstić information content (AvgIpc) is 2.56. The highest BCUT2D eigenvalue weighted by atomic mass is 79.9. The summed E-state index contributed by atoms with van der Waals surface area (Å²) >= 11 is 3.59. The Morgan fingerprint density at radius 1 is 0.920 bits per heavy atom. The van der Waals surface area contributed by atoms with E-state index in [0.29, 0.717) is 16.6 Å². The van der Waals surface area contributed by atoms with E-state index in [1.54, 1.807) is 0 Å². The van der Waals surface area contributed by atoms with Gasteiger partial charge in [0.1, 0.15) is 8.07 Å². The van der Waals surface area contributed by atoms with Gasteiger partial charge < -0.3 is 0 Å². The van der Waals surface area contributed by atoms with Crippen molar-refractivity contribution in [3.8, 4) is 22.7 Å². The summed E-state index contributed by atoms with van der Waals surface area (Å²) < 4.78 is 1.05. The Bertz CT molecular complexity index is 748. The summed E-state index contributed by atoms with van der Waals surface area (Å²) in [6, 6.07) is 12.3. The number of nitrogens with zero attached hydrogens (tertiary/aromatic N) is 1. The smallest absolute Gasteiger partial charge is 0.146 e. The molecular formula is C22H28BrNSi. The van der Waals surface area contributed by atoms with E-state index in [2.05, 4.69) is 92.1 Å². The van der Waals surface area contributed by atoms with Crippen molar-refractivity contribution in [1.82, 2.24) is 4.98 Å². The molecule has 1 aromatic heterocycles. The molecule has 0 unspecified atom stereocenters. The molecule has 2 aromatic rings. The Morgan fingerprint density at radius 2 is 1.56 bits per heavy atom. The molecule has 3 heteroatoms. The van der Waals surface area contributed by atoms with Crippen molar-refractivity contribution in [1.29, 1.82) is 0 Å². The zero-order valence-corrected chi connectivity index (χ0v) is 18.7. The molecule has 25 heavy (non-hydrogen) atoms. The van der Waals surface area contributed by atoms with Crippen LogP contribution in [0, 0.1) is 11.5 Å². The minimum atomic E-state index is -1.74. The van der Waals surface area contributed by atoms with Crippen LogP contribution in [0.1, 0.15) is 47.1 Å². The van der Waals surface area contributed by atoms with Crippen LogP contribution < -0.4 is 0 Å². The summed E-state index contributed by atoms with van der Waals surface area (Å²) in [4.78, 5) is 4.52. The van der Waals surface area contributed by atoms with E-state index in [4.69, 9.17) is 0 Å². The molecule has 0 N–H and O–H groups in total. The van der Waals surface area contributed by atoms with Crippen molar-refractivity contribution in [3.63, 3.8) is 0 Å². The van der Waals surface area contributed by atoms with Gasteiger partial charge in [-0.05, 0) is 47.0 Å². The fraction of sp³-hybridized carbons (Fsp3) is 0.409. The van der Waals surface area contributed by atoms with Crippen LogP contribution in [-0.4, -0.2) is 13.1 Å². The molecule has 0 atom stereocenters. The lowest BCUT2D eigenvalue weighted by Crippen LogP contribution is -2.43. The van der Waals surface area contributed by atoms with Gasteiger partial charge in [-0.1, -0.05) is 69.5 Å². The highest BCUT2D eigenvalue weighted by Gasteiger charge is 2.41. The predicted octanol–water partition coefficient (Wildman–Crippen LogP) is 7.08. The van der Waals surface area contributed by atoms with Crippen molar-refractivity contribution < 1.29 is 0 Å². The van der Waals surface area contributed by atoms with Crippen LogP contribution >= 0.6 is 15.9 Å². The molecule has 0 radical (unpaired) electrons. The molecule has 0 fully saturated rings. The Labute approximate surface area is 162 Å². The molecule has 0 aliphatic carbocycles. The molecule has 1 nitrogen and oxygen atoms in total. The molecule has 0 saturated carbocycles. The van der Waals surface area contributed by atoms with E-state index in [1.807, 2.05) is 24.4 Å². The molecule has 1 aromatic carbocycles. The van der Waals surface area contributed by atoms with Crippen molar-refractivity contribution in [2.45, 2.75) is 58.2 Å². The van der Waals surface area contributed by atoms with Crippen molar-refractivity contribution in [2.75, 3.05) is 0 Å². The van der Waals surface area contributed by atoms with Gasteiger partial charge in [0.25, 0.3) is 0 Å². The summed E-state index contributed by atoms with van der Waals surface area (Å²) in [5.74, 6) is 3.57. The van der Waals surface area contributed by atoms with E-state index in [0.717, 1.165) is 21.3 Å². The molecule has 0 aliphatic heterocycles. The second-order valence-electron chi connectivity index (χ2n) is 7.55. The maximum absolute atomic E-state index is 4.52. The van der Waals surface area contributed by atoms with Crippen molar-refractivity contribution in [3.05, 3.63) is 52.6 Å². The second-order valence-corrected chi connectivity index (χ2v) is 14.0. The van der Waals surface area contributed by atoms with Gasteiger partial charge >= 0.3 is 0 Å². The van der Waals surface area contributed by atoms with Crippen LogP contribution in [0.3, 0.4) is 0 Å². The fourth-order valence-electron chi connectivity index (χ4n) is 3.97. The number of hydrogen-bond donors (Lipinski definition) is 0. The minimum absolute atomic E-state index is 0.633. The molecular weight excluding hydrogens is 386 g/mol. The largest absolute Gasteiger partial charge is 0.256 e. The Kier molecular flexibility index (Phi) is 6.65. The first-order valence-electron chi connectivity index (χ1n) is 9.03. The quantitative estimate of drug-likeness (QED) is 0.385. The first-order valence-corrected chi connectivity index (χ1v) is 12.1. The molecule has 0 bridgehead atoms. The molecule has 132 valence electrons. The number of benzene rings is 1. The first-order chi connectivity index (χ1) is 11.8. The summed E-state index contributed by atoms with van der Waals surface area (Å²) in [6.45, 7) is 14.1. The predicted molar refractivity (Wildman–Crippen MR) is 115 cm³/mol. The van der Waals surface area contributed by atoms with E-state index in [-0.39, 0.29) is 0 Å². The van der Waals surface area contributed by atoms with Gasteiger partial charge in [-0.15, -0.1) is 5.54 Å². The van der Waals surface area contributed by atoms with Crippen LogP contribution in [0.5, 0.6) is 0 Å². The first kappa shape index (κ1) is 19.9. The zero-order chi connectivity index (χ0) is 18.6. The Hall–Kier alpha value is -1.37. The fourth-order valence-corrected chi connectivity index (χ4v) is 9.55. The maximum atomic E-state index is 4.52. The van der Waals surface area contributed by atoms with Gasteiger partial charge in [0.05, 0.1) is 5.69 Å². The normalized spacial score (nSPS) is 11.8. The van der Waals surface area contributed by atoms with Crippen LogP contribution in [0.4, 0.5) is 0 Å². The van der Waals surface area contributed by atoms with Crippen molar-refractivity contribution in [2.24, 2.45) is 0 Å². The molecule has 0 aliphatic rings. The highest BCUT2D eigenvalue weighted by Crippen LogP contribution is 2.41. The van der Waals surface area contributed by atoms with E-state index in [1.165, 1.54) is 0 Å². The summed E-state index contributed by atoms with van der Waals surface area (Å²) in [7, 11) is -1.74. The van der Waals surface area contributed by atoms with Gasteiger partial charge in [0.2, 0.25) is 0 Å². The number of hydrogen-bond acceptors (Lipinski definition) is 1. The van der Waals surface area contributed by atoms with E-state index < -0.39 is 8.07 Å². The highest BCUT2D eigenvalue weighted by molar-refractivity contribution is 9.10. The van der Waals surface area contributed by atoms with Gasteiger partial charge in [-0.25, -0.2) is 0 Å². The van der Waals surface area contributed by atoms with Crippen LogP contribution in [0.15, 0.2) is 47.1 Å². The minimum Gasteiger partial charge on any atom is -0.256 e. The second kappa shape index (κ2) is 8.34. The van der Waals surface area contributed by atoms with Gasteiger partial charge in [0, 0.05) is 21.8 Å². The lowest BCUT2D eigenvalue weighted by Gasteiger charge is -2.38. The number of pyridine rings is 1. The summed E-state index contributed by atoms with van der Waals surface area (Å²) in [5, 5.41) is 0. The van der Waals surface area contributed by atoms with Gasteiger partial charge in [-0.2, -0.15) is 0 Å². The monoisotopic (exact) mass is 413 g/mol. The lowest BCUT2D eigenvalue weighted by molar-refractivity contribution is 0.838. The molecule has 0 amide bonds. The topological polar surface area (TPSA) is 12.9 Å². The third kappa shape index (κ3) is 4.24. The third-order valence-electron chi connectivity index (χ3n) is 5.20. The SMILES string of the molecule is CC(C)[Si](C#Cc1ccc(Br)cc1-c1ccccn1)(C(C)C)C(C)C. The van der Waals surface area contributed by atoms with Crippen molar-refractivity contribution >= 4 is 24.0 Å². The van der Waals surface area contributed by atoms with E-state index >= 15 is 0 Å². The van der Waals surface area contributed by atoms with Crippen LogP contribution in [-0.2, 0) is 0 Å². The van der Waals surface area contributed by atoms with Crippen LogP contribution in [0.25, 0.3) is 11.3 Å². The lowest BCUT2D eigenvalue weighted by atomic mass is 10.0. The average molecular weight is 414 g/mol. The zero-order valence-electron chi connectivity index (χ0n) is 16.1. The maximum Gasteiger partial charge on any atom is 0.146 e. The Balaban J connectivity index is 2.60. The standard InChI is InChI=1S/C22H28BrNSi/c1-16(2)25(17(3)4,18(5)6)14-12-19-10-11-20(23)15-21(19)22-9-7-8-13-24-22/h7-11,13,15-18H,1-6H3. The molecule has 0 saturated heterocycles. The van der Waals surface area contributed by atoms with E-state index in [9.17, 15) is 0 Å². The third-order valence-corrected chi connectivity index (χ3v) is 12.0. The molecule has 0 spiro atoms. The van der Waals surface area contributed by atoms with Gasteiger partial charge in [0.15, 0.2) is 0 Å². The number of halogens is 1. The Morgan fingerprint density at radius 3 is 2.08 bits per heavy atom. The molecule has 2 rings (SSSR count). The van der Waals surface area contributed by atoms with Crippen LogP contribution in [0.2, 0.25) is 16.6 Å². The number of aromatic nitrogens is 1. The number of rotatable bonds is 4. The van der Waals surface area contributed by atoms with Gasteiger partial charge in [-0.3, -0.25) is 4.98 Å². The summed E-state index contributed by atoms with van der Waals surface area (Å²) in [6.07, 6.45) is 1.84. The molecule has 1 heterocycles. The summed E-state index contributed by atoms with van der Waals surface area (Å²) in [5.41, 5.74) is 8.86.